The zero-order chi connectivity index (χ0) is 27.8. The number of benzene rings is 3. The summed E-state index contributed by atoms with van der Waals surface area (Å²) in [4.78, 5) is 17.9. The van der Waals surface area contributed by atoms with Gasteiger partial charge in [0.05, 0.1) is 33.6 Å². The van der Waals surface area contributed by atoms with Gasteiger partial charge in [0.15, 0.2) is 11.5 Å². The average molecular weight is 551 g/mol. The molecule has 0 saturated heterocycles. The van der Waals surface area contributed by atoms with Crippen LogP contribution in [0.15, 0.2) is 65.6 Å². The quantitative estimate of drug-likeness (QED) is 0.235. The minimum Gasteiger partial charge on any atom is -0.497 e. The Bertz CT molecular complexity index is 1270. The van der Waals surface area contributed by atoms with Gasteiger partial charge in [0, 0.05) is 23.9 Å². The number of carbonyl (C=O) groups is 1. The van der Waals surface area contributed by atoms with Crippen molar-refractivity contribution in [3.05, 3.63) is 71.8 Å². The molecule has 0 saturated carbocycles. The average Bonchev–Trinajstić information content (AvgIpc) is 3.35. The van der Waals surface area contributed by atoms with Gasteiger partial charge in [0.2, 0.25) is 5.91 Å². The molecule has 0 radical (unpaired) electrons. The van der Waals surface area contributed by atoms with Crippen molar-refractivity contribution in [3.8, 4) is 23.0 Å². The van der Waals surface area contributed by atoms with Gasteiger partial charge in [-0.15, -0.1) is 0 Å². The minimum atomic E-state index is -0.201. The second-order valence-electron chi connectivity index (χ2n) is 9.53. The molecule has 0 spiro atoms. The van der Waals surface area contributed by atoms with Crippen LogP contribution >= 0.6 is 11.8 Å². The lowest BCUT2D eigenvalue weighted by atomic mass is 10.1. The fourth-order valence-corrected chi connectivity index (χ4v) is 6.07. The summed E-state index contributed by atoms with van der Waals surface area (Å²) in [7, 11) is 7.11. The van der Waals surface area contributed by atoms with E-state index in [0.717, 1.165) is 71.5 Å². The number of methoxy groups -OCH3 is 3. The van der Waals surface area contributed by atoms with E-state index < -0.39 is 0 Å². The molecule has 7 nitrogen and oxygen atoms in total. The summed E-state index contributed by atoms with van der Waals surface area (Å²) >= 11 is 1.66. The van der Waals surface area contributed by atoms with Crippen LogP contribution in [0.1, 0.15) is 36.3 Å². The van der Waals surface area contributed by atoms with Crippen molar-refractivity contribution in [2.45, 2.75) is 36.5 Å². The molecule has 1 atom stereocenters. The highest BCUT2D eigenvalue weighted by Gasteiger charge is 2.35. The van der Waals surface area contributed by atoms with Crippen LogP contribution in [0.25, 0.3) is 0 Å². The molecule has 4 rings (SSSR count). The first-order valence-corrected chi connectivity index (χ1v) is 14.1. The van der Waals surface area contributed by atoms with Gasteiger partial charge in [-0.05, 0) is 80.9 Å². The van der Waals surface area contributed by atoms with Crippen molar-refractivity contribution >= 4 is 23.4 Å². The van der Waals surface area contributed by atoms with Crippen LogP contribution in [0, 0.1) is 0 Å². The van der Waals surface area contributed by atoms with E-state index in [-0.39, 0.29) is 11.3 Å². The van der Waals surface area contributed by atoms with Gasteiger partial charge in [-0.1, -0.05) is 30.0 Å². The summed E-state index contributed by atoms with van der Waals surface area (Å²) in [6, 6.07) is 19.9. The fourth-order valence-electron chi connectivity index (χ4n) is 4.70. The van der Waals surface area contributed by atoms with E-state index in [9.17, 15) is 4.79 Å². The topological polar surface area (TPSA) is 60.5 Å². The highest BCUT2D eigenvalue weighted by atomic mass is 32.2. The molecule has 1 amide bonds. The number of likely N-dealkylation sites (N-methyl/N-ethyl adjacent to an activating group) is 1. The maximum Gasteiger partial charge on any atom is 0.225 e. The Morgan fingerprint density at radius 1 is 0.897 bits per heavy atom. The Kier molecular flexibility index (Phi) is 10.0. The highest BCUT2D eigenvalue weighted by Crippen LogP contribution is 2.53. The van der Waals surface area contributed by atoms with Gasteiger partial charge in [-0.3, -0.25) is 9.69 Å². The van der Waals surface area contributed by atoms with Crippen molar-refractivity contribution < 1.29 is 23.7 Å². The first kappa shape index (κ1) is 28.6. The monoisotopic (exact) mass is 550 g/mol. The van der Waals surface area contributed by atoms with Crippen molar-refractivity contribution in [2.75, 3.05) is 53.0 Å². The molecule has 0 aliphatic carbocycles. The highest BCUT2D eigenvalue weighted by molar-refractivity contribution is 8.00. The Morgan fingerprint density at radius 3 is 2.41 bits per heavy atom. The Morgan fingerprint density at radius 2 is 1.67 bits per heavy atom. The summed E-state index contributed by atoms with van der Waals surface area (Å²) < 4.78 is 22.5. The number of para-hydroxylation sites is 1. The molecule has 0 fully saturated rings. The van der Waals surface area contributed by atoms with Gasteiger partial charge in [0.1, 0.15) is 16.9 Å². The molecule has 39 heavy (non-hydrogen) atoms. The predicted molar refractivity (Wildman–Crippen MR) is 157 cm³/mol. The third-order valence-corrected chi connectivity index (χ3v) is 8.13. The van der Waals surface area contributed by atoms with Gasteiger partial charge in [0.25, 0.3) is 0 Å². The number of hydrogen-bond acceptors (Lipinski definition) is 7. The largest absolute Gasteiger partial charge is 0.497 e. The Hall–Kier alpha value is -3.36. The van der Waals surface area contributed by atoms with Crippen LogP contribution in [0.2, 0.25) is 0 Å². The van der Waals surface area contributed by atoms with Crippen LogP contribution in [-0.4, -0.2) is 58.9 Å². The number of fused-ring (bicyclic) bond motifs is 1. The zero-order valence-electron chi connectivity index (χ0n) is 23.4. The maximum absolute atomic E-state index is 12.7. The van der Waals surface area contributed by atoms with Gasteiger partial charge in [-0.2, -0.15) is 0 Å². The number of thioether (sulfide) groups is 1. The molecule has 1 unspecified atom stereocenters. The molecule has 1 heterocycles. The number of amides is 1. The summed E-state index contributed by atoms with van der Waals surface area (Å²) in [5, 5.41) is -0.201. The van der Waals surface area contributed by atoms with Crippen LogP contribution in [0.5, 0.6) is 23.0 Å². The third kappa shape index (κ3) is 6.99. The first-order chi connectivity index (χ1) is 18.9. The van der Waals surface area contributed by atoms with E-state index in [1.807, 2.05) is 53.4 Å². The van der Waals surface area contributed by atoms with Gasteiger partial charge >= 0.3 is 0 Å². The van der Waals surface area contributed by atoms with Gasteiger partial charge < -0.3 is 23.8 Å². The molecule has 8 heteroatoms. The standard InChI is InChI=1S/C31H38N2O5S/c1-22(34)33-26-10-6-7-11-30(26)39-31(33)25-21-24(35-3)13-15-27(25)38-19-9-8-17-32(2)18-16-23-12-14-28(36-4)29(20-23)37-5/h6-7,10-15,20-21,31H,8-9,16-19H2,1-5H3. The molecule has 0 aromatic heterocycles. The van der Waals surface area contributed by atoms with E-state index >= 15 is 0 Å². The maximum atomic E-state index is 12.7. The molecule has 0 N–H and O–H groups in total. The second kappa shape index (κ2) is 13.6. The van der Waals surface area contributed by atoms with Crippen LogP contribution in [0.4, 0.5) is 5.69 Å². The number of ether oxygens (including phenoxy) is 4. The van der Waals surface area contributed by atoms with E-state index in [0.29, 0.717) is 6.61 Å². The van der Waals surface area contributed by atoms with E-state index in [1.54, 1.807) is 40.0 Å². The van der Waals surface area contributed by atoms with E-state index in [2.05, 4.69) is 24.1 Å². The van der Waals surface area contributed by atoms with E-state index in [1.165, 1.54) is 5.56 Å². The number of unbranched alkanes of at least 4 members (excludes halogenated alkanes) is 1. The molecule has 1 aliphatic heterocycles. The van der Waals surface area contributed by atoms with Crippen molar-refractivity contribution in [3.63, 3.8) is 0 Å². The summed E-state index contributed by atoms with van der Waals surface area (Å²) in [5.74, 6) is 3.05. The molecular formula is C31H38N2O5S. The van der Waals surface area contributed by atoms with E-state index in [4.69, 9.17) is 18.9 Å². The SMILES string of the molecule is COc1ccc(OCCCCN(C)CCc2ccc(OC)c(OC)c2)c(C2Sc3ccccc3N2C(C)=O)c1. The fraction of sp³-hybridized carbons (Fsp3) is 0.387. The summed E-state index contributed by atoms with van der Waals surface area (Å²) in [6.07, 6.45) is 2.90. The van der Waals surface area contributed by atoms with Crippen molar-refractivity contribution in [2.24, 2.45) is 0 Å². The second-order valence-corrected chi connectivity index (χ2v) is 10.7. The summed E-state index contributed by atoms with van der Waals surface area (Å²) in [6.45, 7) is 4.16. The normalized spacial score (nSPS) is 14.3. The Labute approximate surface area is 236 Å². The van der Waals surface area contributed by atoms with Crippen LogP contribution in [-0.2, 0) is 11.2 Å². The lowest BCUT2D eigenvalue weighted by Gasteiger charge is -2.25. The molecular weight excluding hydrogens is 512 g/mol. The first-order valence-electron chi connectivity index (χ1n) is 13.2. The third-order valence-electron chi connectivity index (χ3n) is 6.84. The molecule has 208 valence electrons. The lowest BCUT2D eigenvalue weighted by molar-refractivity contribution is -0.116. The Balaban J connectivity index is 1.31. The number of carbonyl (C=O) groups excluding carboxylic acids is 1. The lowest BCUT2D eigenvalue weighted by Crippen LogP contribution is -2.28. The number of nitrogens with zero attached hydrogens (tertiary/aromatic N) is 2. The molecule has 3 aromatic rings. The predicted octanol–water partition coefficient (Wildman–Crippen LogP) is 6.20. The number of anilines is 1. The molecule has 0 bridgehead atoms. The summed E-state index contributed by atoms with van der Waals surface area (Å²) in [5.41, 5.74) is 3.10. The zero-order valence-corrected chi connectivity index (χ0v) is 24.3. The number of rotatable bonds is 13. The van der Waals surface area contributed by atoms with Crippen molar-refractivity contribution in [1.29, 1.82) is 0 Å². The number of hydrogen-bond donors (Lipinski definition) is 0. The minimum absolute atomic E-state index is 0.00217. The van der Waals surface area contributed by atoms with Crippen LogP contribution < -0.4 is 23.8 Å². The molecule has 1 aliphatic rings. The smallest absolute Gasteiger partial charge is 0.225 e. The van der Waals surface area contributed by atoms with Crippen molar-refractivity contribution in [1.82, 2.24) is 4.90 Å². The molecule has 3 aromatic carbocycles. The van der Waals surface area contributed by atoms with Crippen LogP contribution in [0.3, 0.4) is 0 Å². The van der Waals surface area contributed by atoms with Gasteiger partial charge in [-0.25, -0.2) is 0 Å².